The van der Waals surface area contributed by atoms with E-state index in [1.807, 2.05) is 48.7 Å². The van der Waals surface area contributed by atoms with Crippen molar-refractivity contribution >= 4 is 11.9 Å². The highest BCUT2D eigenvalue weighted by molar-refractivity contribution is 5.80. The molecular weight excluding hydrogens is 196 g/mol. The Morgan fingerprint density at radius 2 is 1.81 bits per heavy atom. The molecule has 0 saturated carbocycles. The van der Waals surface area contributed by atoms with Gasteiger partial charge < -0.3 is 0 Å². The van der Waals surface area contributed by atoms with Crippen molar-refractivity contribution in [1.29, 1.82) is 0 Å². The van der Waals surface area contributed by atoms with Crippen LogP contribution in [0, 0.1) is 6.92 Å². The van der Waals surface area contributed by atoms with E-state index in [0.29, 0.717) is 0 Å². The number of hydrogen-bond acceptors (Lipinski definition) is 2. The average Bonchev–Trinajstić information content (AvgIpc) is 2.30. The largest absolute Gasteiger partial charge is 0.278 e. The van der Waals surface area contributed by atoms with Crippen LogP contribution in [0.2, 0.25) is 0 Å². The smallest absolute Gasteiger partial charge is 0.0564 e. The summed E-state index contributed by atoms with van der Waals surface area (Å²) in [5.74, 6) is 0. The summed E-state index contributed by atoms with van der Waals surface area (Å²) in [5, 5.41) is 4.18. The second kappa shape index (κ2) is 5.12. The third-order valence-electron chi connectivity index (χ3n) is 2.22. The zero-order valence-electron chi connectivity index (χ0n) is 9.22. The average molecular weight is 210 g/mol. The van der Waals surface area contributed by atoms with E-state index >= 15 is 0 Å². The molecule has 0 aliphatic heterocycles. The molecule has 0 fully saturated rings. The maximum absolute atomic E-state index is 4.18. The van der Waals surface area contributed by atoms with Crippen LogP contribution in [0.4, 0.5) is 5.69 Å². The van der Waals surface area contributed by atoms with Crippen molar-refractivity contribution in [2.75, 3.05) is 5.43 Å². The molecule has 0 aromatic heterocycles. The molecule has 2 rings (SSSR count). The molecule has 0 aliphatic rings. The number of benzene rings is 2. The highest BCUT2D eigenvalue weighted by atomic mass is 15.3. The quantitative estimate of drug-likeness (QED) is 0.609. The summed E-state index contributed by atoms with van der Waals surface area (Å²) in [6.07, 6.45) is 1.81. The topological polar surface area (TPSA) is 24.4 Å². The van der Waals surface area contributed by atoms with Crippen LogP contribution in [-0.4, -0.2) is 6.21 Å². The standard InChI is InChI=1S/C14H14N2/c1-12-6-5-9-14(10-12)16-15-11-13-7-3-2-4-8-13/h2-11,16H,1H3/b15-11+. The zero-order valence-corrected chi connectivity index (χ0v) is 9.22. The SMILES string of the molecule is Cc1cccc(N/N=C/c2ccccc2)c1. The van der Waals surface area contributed by atoms with Gasteiger partial charge in [-0.3, -0.25) is 5.43 Å². The Labute approximate surface area is 95.6 Å². The van der Waals surface area contributed by atoms with E-state index in [-0.39, 0.29) is 0 Å². The van der Waals surface area contributed by atoms with Gasteiger partial charge in [-0.25, -0.2) is 0 Å². The van der Waals surface area contributed by atoms with Gasteiger partial charge in [0.1, 0.15) is 0 Å². The summed E-state index contributed by atoms with van der Waals surface area (Å²) >= 11 is 0. The monoisotopic (exact) mass is 210 g/mol. The van der Waals surface area contributed by atoms with Crippen LogP contribution >= 0.6 is 0 Å². The predicted octanol–water partition coefficient (Wildman–Crippen LogP) is 3.44. The van der Waals surface area contributed by atoms with Crippen LogP contribution in [0.1, 0.15) is 11.1 Å². The Bertz CT molecular complexity index is 475. The third-order valence-corrected chi connectivity index (χ3v) is 2.22. The number of aryl methyl sites for hydroxylation is 1. The third kappa shape index (κ3) is 2.95. The Balaban J connectivity index is 2.00. The van der Waals surface area contributed by atoms with Crippen LogP contribution < -0.4 is 5.43 Å². The maximum Gasteiger partial charge on any atom is 0.0564 e. The highest BCUT2D eigenvalue weighted by Crippen LogP contribution is 2.09. The number of nitrogens with zero attached hydrogens (tertiary/aromatic N) is 1. The van der Waals surface area contributed by atoms with Gasteiger partial charge in [-0.1, -0.05) is 42.5 Å². The molecule has 0 bridgehead atoms. The molecule has 0 radical (unpaired) electrons. The molecule has 80 valence electrons. The first-order chi connectivity index (χ1) is 7.84. The molecule has 2 aromatic rings. The van der Waals surface area contributed by atoms with Crippen LogP contribution in [-0.2, 0) is 0 Å². The molecule has 0 saturated heterocycles. The van der Waals surface area contributed by atoms with E-state index in [2.05, 4.69) is 29.6 Å². The zero-order chi connectivity index (χ0) is 11.2. The van der Waals surface area contributed by atoms with Gasteiger partial charge in [-0.2, -0.15) is 5.10 Å². The minimum atomic E-state index is 1.01. The molecule has 2 nitrogen and oxygen atoms in total. The fraction of sp³-hybridized carbons (Fsp3) is 0.0714. The minimum absolute atomic E-state index is 1.01. The first kappa shape index (κ1) is 10.4. The van der Waals surface area contributed by atoms with Crippen LogP contribution in [0.25, 0.3) is 0 Å². The van der Waals surface area contributed by atoms with E-state index < -0.39 is 0 Å². The lowest BCUT2D eigenvalue weighted by atomic mass is 10.2. The molecule has 1 N–H and O–H groups in total. The summed E-state index contributed by atoms with van der Waals surface area (Å²) in [7, 11) is 0. The summed E-state index contributed by atoms with van der Waals surface area (Å²) < 4.78 is 0. The van der Waals surface area contributed by atoms with Gasteiger partial charge in [-0.15, -0.1) is 0 Å². The molecule has 16 heavy (non-hydrogen) atoms. The van der Waals surface area contributed by atoms with Crippen LogP contribution in [0.3, 0.4) is 0 Å². The number of rotatable bonds is 3. The first-order valence-electron chi connectivity index (χ1n) is 5.25. The lowest BCUT2D eigenvalue weighted by Gasteiger charge is -2.00. The Hall–Kier alpha value is -2.09. The van der Waals surface area contributed by atoms with Crippen molar-refractivity contribution in [3.63, 3.8) is 0 Å². The summed E-state index contributed by atoms with van der Waals surface area (Å²) in [4.78, 5) is 0. The fourth-order valence-corrected chi connectivity index (χ4v) is 1.44. The van der Waals surface area contributed by atoms with Crippen LogP contribution in [0.15, 0.2) is 59.7 Å². The first-order valence-corrected chi connectivity index (χ1v) is 5.25. The van der Waals surface area contributed by atoms with E-state index in [0.717, 1.165) is 11.3 Å². The van der Waals surface area contributed by atoms with Crippen molar-refractivity contribution in [3.8, 4) is 0 Å². The number of anilines is 1. The minimum Gasteiger partial charge on any atom is -0.278 e. The molecule has 0 amide bonds. The number of hydrogen-bond donors (Lipinski definition) is 1. The van der Waals surface area contributed by atoms with Gasteiger partial charge in [0.05, 0.1) is 11.9 Å². The van der Waals surface area contributed by atoms with Gasteiger partial charge in [-0.05, 0) is 30.2 Å². The van der Waals surface area contributed by atoms with Gasteiger partial charge >= 0.3 is 0 Å². The molecule has 0 unspecified atom stereocenters. The van der Waals surface area contributed by atoms with Gasteiger partial charge in [0.25, 0.3) is 0 Å². The molecule has 0 heterocycles. The van der Waals surface area contributed by atoms with Crippen molar-refractivity contribution in [1.82, 2.24) is 0 Å². The lowest BCUT2D eigenvalue weighted by molar-refractivity contribution is 1.33. The fourth-order valence-electron chi connectivity index (χ4n) is 1.44. The molecule has 0 aliphatic carbocycles. The summed E-state index contributed by atoms with van der Waals surface area (Å²) in [6.45, 7) is 2.06. The second-order valence-corrected chi connectivity index (χ2v) is 3.65. The highest BCUT2D eigenvalue weighted by Gasteiger charge is 1.89. The second-order valence-electron chi connectivity index (χ2n) is 3.65. The van der Waals surface area contributed by atoms with Crippen molar-refractivity contribution < 1.29 is 0 Å². The van der Waals surface area contributed by atoms with Gasteiger partial charge in [0, 0.05) is 0 Å². The Morgan fingerprint density at radius 3 is 2.56 bits per heavy atom. The summed E-state index contributed by atoms with van der Waals surface area (Å²) in [6, 6.07) is 18.1. The maximum atomic E-state index is 4.18. The van der Waals surface area contributed by atoms with Gasteiger partial charge in [0.15, 0.2) is 0 Å². The van der Waals surface area contributed by atoms with Crippen molar-refractivity contribution in [3.05, 3.63) is 65.7 Å². The van der Waals surface area contributed by atoms with Crippen molar-refractivity contribution in [2.45, 2.75) is 6.92 Å². The Kier molecular flexibility index (Phi) is 3.34. The molecule has 0 atom stereocenters. The normalized spacial score (nSPS) is 10.6. The number of nitrogens with one attached hydrogen (secondary N) is 1. The van der Waals surface area contributed by atoms with Gasteiger partial charge in [0.2, 0.25) is 0 Å². The molecule has 2 aromatic carbocycles. The van der Waals surface area contributed by atoms with E-state index in [4.69, 9.17) is 0 Å². The summed E-state index contributed by atoms with van der Waals surface area (Å²) in [5.41, 5.74) is 6.32. The lowest BCUT2D eigenvalue weighted by Crippen LogP contribution is -1.90. The van der Waals surface area contributed by atoms with Crippen molar-refractivity contribution in [2.24, 2.45) is 5.10 Å². The molecular formula is C14H14N2. The predicted molar refractivity (Wildman–Crippen MR) is 68.8 cm³/mol. The van der Waals surface area contributed by atoms with E-state index in [1.54, 1.807) is 0 Å². The Morgan fingerprint density at radius 1 is 1.00 bits per heavy atom. The molecule has 0 spiro atoms. The van der Waals surface area contributed by atoms with Crippen LogP contribution in [0.5, 0.6) is 0 Å². The van der Waals surface area contributed by atoms with E-state index in [9.17, 15) is 0 Å². The van der Waals surface area contributed by atoms with E-state index in [1.165, 1.54) is 5.56 Å². The number of hydrazone groups is 1. The molecule has 2 heteroatoms.